The number of para-hydroxylation sites is 1. The molecule has 0 radical (unpaired) electrons. The lowest BCUT2D eigenvalue weighted by atomic mass is 10.0. The van der Waals surface area contributed by atoms with E-state index in [-0.39, 0.29) is 17.1 Å². The van der Waals surface area contributed by atoms with Crippen molar-refractivity contribution in [2.45, 2.75) is 6.42 Å². The van der Waals surface area contributed by atoms with Crippen LogP contribution in [0.5, 0.6) is 5.75 Å². The lowest BCUT2D eigenvalue weighted by Gasteiger charge is -2.08. The number of hydrogen-bond acceptors (Lipinski definition) is 4. The fraction of sp³-hybridized carbons (Fsp3) is 0.0909. The lowest BCUT2D eigenvalue weighted by molar-refractivity contribution is 0.468. The molecule has 0 aliphatic carbocycles. The minimum Gasteiger partial charge on any atom is -0.507 e. The van der Waals surface area contributed by atoms with E-state index >= 15 is 0 Å². The molecule has 0 saturated heterocycles. The number of nitrogens with two attached hydrogens (primary N) is 2. The van der Waals surface area contributed by atoms with Gasteiger partial charge in [-0.15, -0.1) is 0 Å². The smallest absolute Gasteiger partial charge is 0.154 e. The van der Waals surface area contributed by atoms with Gasteiger partial charge in [-0.2, -0.15) is 5.10 Å². The fourth-order valence-electron chi connectivity index (χ4n) is 1.60. The molecule has 0 saturated carbocycles. The maximum Gasteiger partial charge on any atom is 0.154 e. The zero-order chi connectivity index (χ0) is 12.3. The molecule has 7 nitrogen and oxygen atoms in total. The van der Waals surface area contributed by atoms with Gasteiger partial charge in [-0.1, -0.05) is 12.1 Å². The van der Waals surface area contributed by atoms with Crippen LogP contribution in [0.1, 0.15) is 16.8 Å². The number of imidazole rings is 1. The Kier molecular flexibility index (Phi) is 4.27. The fourth-order valence-corrected chi connectivity index (χ4v) is 1.60. The van der Waals surface area contributed by atoms with Crippen LogP contribution >= 0.6 is 0 Å². The second kappa shape index (κ2) is 5.69. The predicted octanol–water partition coefficient (Wildman–Crippen LogP) is -0.540. The number of nitrogens with one attached hydrogen (secondary N) is 1. The quantitative estimate of drug-likeness (QED) is 0.250. The van der Waals surface area contributed by atoms with E-state index in [9.17, 15) is 5.11 Å². The van der Waals surface area contributed by atoms with E-state index in [2.05, 4.69) is 15.1 Å². The maximum absolute atomic E-state index is 10.0. The highest BCUT2D eigenvalue weighted by atomic mass is 16.3. The van der Waals surface area contributed by atoms with Gasteiger partial charge in [-0.3, -0.25) is 0 Å². The molecule has 2 aromatic rings. The second-order valence-corrected chi connectivity index (χ2v) is 3.58. The van der Waals surface area contributed by atoms with E-state index < -0.39 is 0 Å². The average Bonchev–Trinajstić information content (AvgIpc) is 2.84. The number of aromatic hydroxyl groups is 1. The minimum absolute atomic E-state index is 0. The molecule has 1 aromatic heterocycles. The van der Waals surface area contributed by atoms with Gasteiger partial charge in [-0.25, -0.2) is 4.98 Å². The van der Waals surface area contributed by atoms with Crippen LogP contribution in [0.2, 0.25) is 0 Å². The largest absolute Gasteiger partial charge is 0.507 e. The van der Waals surface area contributed by atoms with Crippen molar-refractivity contribution in [1.29, 1.82) is 0 Å². The molecule has 1 aromatic carbocycles. The van der Waals surface area contributed by atoms with Crippen molar-refractivity contribution < 1.29 is 10.6 Å². The van der Waals surface area contributed by atoms with E-state index in [4.69, 9.17) is 11.6 Å². The number of amidine groups is 1. The minimum atomic E-state index is 0. The van der Waals surface area contributed by atoms with Gasteiger partial charge in [0.15, 0.2) is 5.84 Å². The van der Waals surface area contributed by atoms with Crippen molar-refractivity contribution >= 4 is 5.84 Å². The highest BCUT2D eigenvalue weighted by molar-refractivity contribution is 6.00. The van der Waals surface area contributed by atoms with E-state index in [1.165, 1.54) is 0 Å². The Hall–Kier alpha value is -2.54. The molecule has 7 heteroatoms. The zero-order valence-corrected chi connectivity index (χ0v) is 9.59. The summed E-state index contributed by atoms with van der Waals surface area (Å²) in [6.07, 6.45) is 3.83. The first-order valence-electron chi connectivity index (χ1n) is 5.04. The summed E-state index contributed by atoms with van der Waals surface area (Å²) in [5.41, 5.74) is 7.65. The van der Waals surface area contributed by atoms with Gasteiger partial charge in [0.2, 0.25) is 0 Å². The Labute approximate surface area is 103 Å². The molecule has 18 heavy (non-hydrogen) atoms. The van der Waals surface area contributed by atoms with Gasteiger partial charge in [0.25, 0.3) is 0 Å². The number of hydrazone groups is 1. The van der Waals surface area contributed by atoms with Crippen molar-refractivity contribution in [3.8, 4) is 5.75 Å². The van der Waals surface area contributed by atoms with Crippen molar-refractivity contribution in [1.82, 2.24) is 9.97 Å². The van der Waals surface area contributed by atoms with Crippen LogP contribution in [-0.2, 0) is 6.42 Å². The van der Waals surface area contributed by atoms with Gasteiger partial charge in [0, 0.05) is 23.9 Å². The maximum atomic E-state index is 10.0. The topological polar surface area (TPSA) is 145 Å². The van der Waals surface area contributed by atoms with Crippen molar-refractivity contribution in [3.63, 3.8) is 0 Å². The van der Waals surface area contributed by atoms with Crippen LogP contribution in [-0.4, -0.2) is 26.4 Å². The number of hydrogen-bond donors (Lipinski definition) is 4. The number of H-pyrrole nitrogens is 1. The summed E-state index contributed by atoms with van der Waals surface area (Å²) in [7, 11) is 0. The molecular weight excluding hydrogens is 234 g/mol. The Morgan fingerprint density at radius 3 is 2.83 bits per heavy atom. The molecule has 0 amide bonds. The first-order chi connectivity index (χ1) is 8.22. The number of aromatic amines is 1. The molecule has 0 aliphatic heterocycles. The predicted molar refractivity (Wildman–Crippen MR) is 68.0 cm³/mol. The molecule has 2 rings (SSSR count). The zero-order valence-electron chi connectivity index (χ0n) is 9.59. The normalized spacial score (nSPS) is 11.0. The lowest BCUT2D eigenvalue weighted by Crippen LogP contribution is -2.16. The molecule has 1 heterocycles. The summed E-state index contributed by atoms with van der Waals surface area (Å²) in [4.78, 5) is 6.88. The molecule has 0 aliphatic rings. The summed E-state index contributed by atoms with van der Waals surface area (Å²) in [5.74, 6) is 5.29. The van der Waals surface area contributed by atoms with Crippen molar-refractivity contribution in [3.05, 3.63) is 47.5 Å². The van der Waals surface area contributed by atoms with Gasteiger partial charge in [0.1, 0.15) is 5.75 Å². The van der Waals surface area contributed by atoms with Gasteiger partial charge in [0.05, 0.1) is 11.9 Å². The van der Waals surface area contributed by atoms with Crippen LogP contribution < -0.4 is 11.6 Å². The third-order valence-corrected chi connectivity index (χ3v) is 2.47. The highest BCUT2D eigenvalue weighted by Crippen LogP contribution is 2.24. The first kappa shape index (κ1) is 13.5. The molecule has 0 spiro atoms. The molecule has 8 N–H and O–H groups in total. The van der Waals surface area contributed by atoms with Crippen molar-refractivity contribution in [2.24, 2.45) is 16.7 Å². The average molecular weight is 249 g/mol. The SMILES string of the molecule is N/N=C(/N)c1cccc(Cc2cnc[nH]2)c1O.O. The summed E-state index contributed by atoms with van der Waals surface area (Å²) in [6, 6.07) is 5.26. The standard InChI is InChI=1S/C11H13N5O.H2O/c12-11(16-13)9-3-1-2-7(10(9)17)4-8-5-14-6-15-8;/h1-3,5-6,17H,4,13H2,(H2,12,16)(H,14,15);1H2. The summed E-state index contributed by atoms with van der Waals surface area (Å²) in [6.45, 7) is 0. The van der Waals surface area contributed by atoms with Crippen molar-refractivity contribution in [2.75, 3.05) is 0 Å². The Morgan fingerprint density at radius 1 is 1.44 bits per heavy atom. The third-order valence-electron chi connectivity index (χ3n) is 2.47. The second-order valence-electron chi connectivity index (χ2n) is 3.58. The summed E-state index contributed by atoms with van der Waals surface area (Å²) in [5, 5.41) is 13.4. The van der Waals surface area contributed by atoms with Crippen LogP contribution in [0.3, 0.4) is 0 Å². The van der Waals surface area contributed by atoms with Gasteiger partial charge in [-0.05, 0) is 6.07 Å². The summed E-state index contributed by atoms with van der Waals surface area (Å²) >= 11 is 0. The van der Waals surface area contributed by atoms with Crippen LogP contribution in [0.15, 0.2) is 35.8 Å². The highest BCUT2D eigenvalue weighted by Gasteiger charge is 2.10. The van der Waals surface area contributed by atoms with E-state index in [1.807, 2.05) is 6.07 Å². The van der Waals surface area contributed by atoms with E-state index in [0.717, 1.165) is 11.3 Å². The molecule has 0 atom stereocenters. The Morgan fingerprint density at radius 2 is 2.22 bits per heavy atom. The molecule has 0 bridgehead atoms. The number of phenols is 1. The summed E-state index contributed by atoms with van der Waals surface area (Å²) < 4.78 is 0. The van der Waals surface area contributed by atoms with E-state index in [1.54, 1.807) is 24.7 Å². The van der Waals surface area contributed by atoms with Crippen LogP contribution in [0.25, 0.3) is 0 Å². The number of rotatable bonds is 3. The van der Waals surface area contributed by atoms with Gasteiger partial charge < -0.3 is 27.1 Å². The third kappa shape index (κ3) is 2.58. The molecule has 0 fully saturated rings. The number of nitrogens with zero attached hydrogens (tertiary/aromatic N) is 2. The number of phenolic OH excluding ortho intramolecular Hbond substituents is 1. The molecule has 0 unspecified atom stereocenters. The van der Waals surface area contributed by atoms with E-state index in [0.29, 0.717) is 12.0 Å². The monoisotopic (exact) mass is 249 g/mol. The van der Waals surface area contributed by atoms with Crippen LogP contribution in [0.4, 0.5) is 0 Å². The molecule has 96 valence electrons. The Balaban J connectivity index is 0.00000162. The first-order valence-corrected chi connectivity index (χ1v) is 5.04. The Bertz CT molecular complexity index is 536. The number of aromatic nitrogens is 2. The number of benzene rings is 1. The van der Waals surface area contributed by atoms with Crippen LogP contribution in [0, 0.1) is 0 Å². The molecular formula is C11H15N5O2. The van der Waals surface area contributed by atoms with Gasteiger partial charge >= 0.3 is 0 Å².